The number of rotatable bonds is 5. The lowest BCUT2D eigenvalue weighted by Gasteiger charge is -2.20. The molecule has 1 aromatic carbocycles. The lowest BCUT2D eigenvalue weighted by Crippen LogP contribution is -2.24. The zero-order valence-corrected chi connectivity index (χ0v) is 11.8. The van der Waals surface area contributed by atoms with E-state index in [1.54, 1.807) is 13.2 Å². The minimum absolute atomic E-state index is 0.00341. The molecule has 4 nitrogen and oxygen atoms in total. The third-order valence-corrected chi connectivity index (χ3v) is 3.39. The van der Waals surface area contributed by atoms with Crippen molar-refractivity contribution in [1.82, 2.24) is 0 Å². The van der Waals surface area contributed by atoms with Crippen LogP contribution in [0.1, 0.15) is 32.3 Å². The van der Waals surface area contributed by atoms with Crippen molar-refractivity contribution in [3.63, 3.8) is 0 Å². The average molecular weight is 266 g/mol. The van der Waals surface area contributed by atoms with Crippen LogP contribution in [0.4, 0.5) is 0 Å². The van der Waals surface area contributed by atoms with Crippen LogP contribution in [-0.4, -0.2) is 30.5 Å². The second-order valence-electron chi connectivity index (χ2n) is 5.49. The monoisotopic (exact) mass is 266 g/mol. The topological polar surface area (TPSA) is 47.9 Å². The van der Waals surface area contributed by atoms with Crippen LogP contribution >= 0.6 is 0 Å². The summed E-state index contributed by atoms with van der Waals surface area (Å²) in [5.74, 6) is 1.33. The molecule has 1 saturated heterocycles. The third kappa shape index (κ3) is 3.61. The number of aliphatic hydroxyl groups is 1. The van der Waals surface area contributed by atoms with Gasteiger partial charge in [0, 0.05) is 0 Å². The van der Waals surface area contributed by atoms with Gasteiger partial charge in [0.1, 0.15) is 6.61 Å². The molecule has 4 heteroatoms. The standard InChI is InChI=1S/C15H22O4/c1-15(2)7-6-12(19-15)10-18-13-5-4-11(9-16)8-14(13)17-3/h4-5,8,12,16H,6-7,9-10H2,1-3H3. The molecule has 1 aliphatic heterocycles. The Morgan fingerprint density at radius 1 is 1.37 bits per heavy atom. The fraction of sp³-hybridized carbons (Fsp3) is 0.600. The smallest absolute Gasteiger partial charge is 0.161 e. The van der Waals surface area contributed by atoms with Crippen LogP contribution in [-0.2, 0) is 11.3 Å². The highest BCUT2D eigenvalue weighted by atomic mass is 16.6. The maximum atomic E-state index is 9.09. The lowest BCUT2D eigenvalue weighted by atomic mass is 10.1. The van der Waals surface area contributed by atoms with Gasteiger partial charge in [-0.15, -0.1) is 0 Å². The minimum atomic E-state index is -0.0428. The first-order valence-corrected chi connectivity index (χ1v) is 6.62. The van der Waals surface area contributed by atoms with Crippen molar-refractivity contribution in [2.45, 2.75) is 45.0 Å². The zero-order valence-electron chi connectivity index (χ0n) is 11.8. The van der Waals surface area contributed by atoms with Gasteiger partial charge in [-0.05, 0) is 44.4 Å². The van der Waals surface area contributed by atoms with Crippen LogP contribution < -0.4 is 9.47 Å². The van der Waals surface area contributed by atoms with Gasteiger partial charge in [0.15, 0.2) is 11.5 Å². The Kier molecular flexibility index (Phi) is 4.32. The van der Waals surface area contributed by atoms with Gasteiger partial charge in [-0.3, -0.25) is 0 Å². The van der Waals surface area contributed by atoms with Gasteiger partial charge in [-0.2, -0.15) is 0 Å². The summed E-state index contributed by atoms with van der Waals surface area (Å²) in [5.41, 5.74) is 0.765. The number of hydrogen-bond donors (Lipinski definition) is 1. The zero-order chi connectivity index (χ0) is 13.9. The van der Waals surface area contributed by atoms with Crippen LogP contribution in [0.25, 0.3) is 0 Å². The van der Waals surface area contributed by atoms with Crippen molar-refractivity contribution in [3.8, 4) is 11.5 Å². The second-order valence-corrected chi connectivity index (χ2v) is 5.49. The summed E-state index contributed by atoms with van der Waals surface area (Å²) in [6.07, 6.45) is 2.21. The molecule has 1 N–H and O–H groups in total. The second kappa shape index (κ2) is 5.80. The molecule has 1 unspecified atom stereocenters. The summed E-state index contributed by atoms with van der Waals surface area (Å²) in [6.45, 7) is 4.72. The summed E-state index contributed by atoms with van der Waals surface area (Å²) in [5, 5.41) is 9.09. The van der Waals surface area contributed by atoms with Gasteiger partial charge in [0.25, 0.3) is 0 Å². The molecule has 1 aliphatic rings. The summed E-state index contributed by atoms with van der Waals surface area (Å²) in [7, 11) is 1.60. The number of hydrogen-bond acceptors (Lipinski definition) is 4. The van der Waals surface area contributed by atoms with E-state index >= 15 is 0 Å². The molecule has 0 amide bonds. The van der Waals surface area contributed by atoms with Gasteiger partial charge >= 0.3 is 0 Å². The predicted molar refractivity (Wildman–Crippen MR) is 72.6 cm³/mol. The molecular weight excluding hydrogens is 244 g/mol. The van der Waals surface area contributed by atoms with E-state index in [0.717, 1.165) is 18.4 Å². The maximum Gasteiger partial charge on any atom is 0.161 e. The number of ether oxygens (including phenoxy) is 3. The fourth-order valence-electron chi connectivity index (χ4n) is 2.31. The van der Waals surface area contributed by atoms with Crippen molar-refractivity contribution >= 4 is 0 Å². The molecule has 0 bridgehead atoms. The van der Waals surface area contributed by atoms with Crippen LogP contribution in [0.5, 0.6) is 11.5 Å². The Bertz CT molecular complexity index is 428. The summed E-state index contributed by atoms with van der Waals surface area (Å²) in [6, 6.07) is 5.44. The van der Waals surface area contributed by atoms with Gasteiger partial charge in [0.2, 0.25) is 0 Å². The van der Waals surface area contributed by atoms with Crippen molar-refractivity contribution in [2.75, 3.05) is 13.7 Å². The fourth-order valence-corrected chi connectivity index (χ4v) is 2.31. The highest BCUT2D eigenvalue weighted by Crippen LogP contribution is 2.32. The molecule has 1 fully saturated rings. The molecule has 106 valence electrons. The third-order valence-electron chi connectivity index (χ3n) is 3.39. The van der Waals surface area contributed by atoms with Crippen LogP contribution in [0, 0.1) is 0 Å². The van der Waals surface area contributed by atoms with E-state index in [2.05, 4.69) is 13.8 Å². The van der Waals surface area contributed by atoms with Crippen LogP contribution in [0.15, 0.2) is 18.2 Å². The highest BCUT2D eigenvalue weighted by Gasteiger charge is 2.32. The molecule has 1 atom stereocenters. The molecule has 19 heavy (non-hydrogen) atoms. The summed E-state index contributed by atoms with van der Waals surface area (Å²) < 4.78 is 16.9. The lowest BCUT2D eigenvalue weighted by molar-refractivity contribution is -0.0329. The maximum absolute atomic E-state index is 9.09. The van der Waals surface area contributed by atoms with Gasteiger partial charge in [-0.25, -0.2) is 0 Å². The predicted octanol–water partition coefficient (Wildman–Crippen LogP) is 2.52. The Labute approximate surface area is 114 Å². The number of aliphatic hydroxyl groups excluding tert-OH is 1. The quantitative estimate of drug-likeness (QED) is 0.889. The van der Waals surface area contributed by atoms with Crippen LogP contribution in [0.3, 0.4) is 0 Å². The highest BCUT2D eigenvalue weighted by molar-refractivity contribution is 5.42. The molecule has 0 saturated carbocycles. The van der Waals surface area contributed by atoms with E-state index in [4.69, 9.17) is 19.3 Å². The minimum Gasteiger partial charge on any atom is -0.493 e. The Morgan fingerprint density at radius 3 is 2.74 bits per heavy atom. The van der Waals surface area contributed by atoms with Gasteiger partial charge in [-0.1, -0.05) is 6.07 Å². The molecular formula is C15H22O4. The number of benzene rings is 1. The van der Waals surface area contributed by atoms with E-state index in [9.17, 15) is 0 Å². The van der Waals surface area contributed by atoms with E-state index in [0.29, 0.717) is 18.1 Å². The molecule has 0 radical (unpaired) electrons. The molecule has 0 aromatic heterocycles. The first kappa shape index (κ1) is 14.2. The molecule has 0 spiro atoms. The average Bonchev–Trinajstić information content (AvgIpc) is 2.75. The van der Waals surface area contributed by atoms with E-state index < -0.39 is 0 Å². The van der Waals surface area contributed by atoms with Crippen molar-refractivity contribution < 1.29 is 19.3 Å². The Balaban J connectivity index is 1.96. The SMILES string of the molecule is COc1cc(CO)ccc1OCC1CCC(C)(C)O1. The van der Waals surface area contributed by atoms with Crippen molar-refractivity contribution in [3.05, 3.63) is 23.8 Å². The molecule has 2 rings (SSSR count). The van der Waals surface area contributed by atoms with Crippen molar-refractivity contribution in [1.29, 1.82) is 0 Å². The van der Waals surface area contributed by atoms with Gasteiger partial charge in [0.05, 0.1) is 25.4 Å². The molecule has 0 aliphatic carbocycles. The summed E-state index contributed by atoms with van der Waals surface area (Å²) >= 11 is 0. The van der Waals surface area contributed by atoms with Gasteiger partial charge < -0.3 is 19.3 Å². The Morgan fingerprint density at radius 2 is 2.16 bits per heavy atom. The molecule has 1 heterocycles. The first-order chi connectivity index (χ1) is 9.04. The normalized spacial score (nSPS) is 21.4. The van der Waals surface area contributed by atoms with E-state index in [1.165, 1.54) is 0 Å². The van der Waals surface area contributed by atoms with Crippen LogP contribution in [0.2, 0.25) is 0 Å². The molecule has 1 aromatic rings. The first-order valence-electron chi connectivity index (χ1n) is 6.62. The van der Waals surface area contributed by atoms with E-state index in [1.807, 2.05) is 12.1 Å². The number of methoxy groups -OCH3 is 1. The van der Waals surface area contributed by atoms with E-state index in [-0.39, 0.29) is 18.3 Å². The van der Waals surface area contributed by atoms with Crippen molar-refractivity contribution in [2.24, 2.45) is 0 Å². The largest absolute Gasteiger partial charge is 0.493 e. The summed E-state index contributed by atoms with van der Waals surface area (Å²) in [4.78, 5) is 0. The Hall–Kier alpha value is -1.26.